The smallest absolute Gasteiger partial charge is 0.208 e. The molecule has 0 radical (unpaired) electrons. The van der Waals surface area contributed by atoms with Gasteiger partial charge in [0.25, 0.3) is 0 Å². The standard InChI is InChI=1S/C11H11FN2O2/c1-15-10-3-2-7(4-8(10)12)9-6-16-11(5-13)14-9/h2-4,6H,5,13H2,1H3. The molecule has 0 bridgehead atoms. The second-order valence-corrected chi connectivity index (χ2v) is 3.18. The molecule has 1 aromatic carbocycles. The summed E-state index contributed by atoms with van der Waals surface area (Å²) in [7, 11) is 1.42. The molecular formula is C11H11FN2O2. The van der Waals surface area contributed by atoms with E-state index < -0.39 is 5.82 Å². The Kier molecular flexibility index (Phi) is 2.87. The molecular weight excluding hydrogens is 211 g/mol. The SMILES string of the molecule is COc1ccc(-c2coc(CN)n2)cc1F. The van der Waals surface area contributed by atoms with E-state index in [4.69, 9.17) is 14.9 Å². The largest absolute Gasteiger partial charge is 0.494 e. The number of hydrogen-bond acceptors (Lipinski definition) is 4. The molecule has 5 heteroatoms. The molecule has 0 atom stereocenters. The van der Waals surface area contributed by atoms with Crippen LogP contribution in [0.25, 0.3) is 11.3 Å². The van der Waals surface area contributed by atoms with Crippen molar-refractivity contribution in [2.75, 3.05) is 7.11 Å². The van der Waals surface area contributed by atoms with Gasteiger partial charge >= 0.3 is 0 Å². The van der Waals surface area contributed by atoms with E-state index in [1.165, 1.54) is 19.4 Å². The maximum absolute atomic E-state index is 13.4. The predicted molar refractivity (Wildman–Crippen MR) is 56.3 cm³/mol. The lowest BCUT2D eigenvalue weighted by Crippen LogP contribution is -1.95. The molecule has 2 N–H and O–H groups in total. The lowest BCUT2D eigenvalue weighted by atomic mass is 10.1. The van der Waals surface area contributed by atoms with Gasteiger partial charge in [-0.1, -0.05) is 0 Å². The van der Waals surface area contributed by atoms with Gasteiger partial charge in [0.15, 0.2) is 11.6 Å². The van der Waals surface area contributed by atoms with Crippen LogP contribution in [0.3, 0.4) is 0 Å². The second kappa shape index (κ2) is 4.32. The Bertz CT molecular complexity index is 496. The third kappa shape index (κ3) is 1.90. The zero-order valence-corrected chi connectivity index (χ0v) is 8.74. The first kappa shape index (κ1) is 10.6. The fraction of sp³-hybridized carbons (Fsp3) is 0.182. The van der Waals surface area contributed by atoms with Crippen LogP contribution in [0.15, 0.2) is 28.9 Å². The summed E-state index contributed by atoms with van der Waals surface area (Å²) in [6.07, 6.45) is 1.45. The Balaban J connectivity index is 2.37. The van der Waals surface area contributed by atoms with Crippen molar-refractivity contribution in [1.29, 1.82) is 0 Å². The first-order chi connectivity index (χ1) is 7.74. The van der Waals surface area contributed by atoms with E-state index in [1.807, 2.05) is 0 Å². The quantitative estimate of drug-likeness (QED) is 0.862. The van der Waals surface area contributed by atoms with Crippen molar-refractivity contribution >= 4 is 0 Å². The van der Waals surface area contributed by atoms with Gasteiger partial charge in [0.2, 0.25) is 5.89 Å². The van der Waals surface area contributed by atoms with Crippen molar-refractivity contribution in [1.82, 2.24) is 4.98 Å². The number of rotatable bonds is 3. The molecule has 16 heavy (non-hydrogen) atoms. The van der Waals surface area contributed by atoms with Gasteiger partial charge in [-0.05, 0) is 18.2 Å². The fourth-order valence-corrected chi connectivity index (χ4v) is 1.36. The molecule has 0 saturated heterocycles. The predicted octanol–water partition coefficient (Wildman–Crippen LogP) is 1.95. The molecule has 2 rings (SSSR count). The van der Waals surface area contributed by atoms with Gasteiger partial charge in [-0.15, -0.1) is 0 Å². The highest BCUT2D eigenvalue weighted by atomic mass is 19.1. The maximum Gasteiger partial charge on any atom is 0.208 e. The number of hydrogen-bond donors (Lipinski definition) is 1. The first-order valence-corrected chi connectivity index (χ1v) is 4.73. The summed E-state index contributed by atoms with van der Waals surface area (Å²) in [6, 6.07) is 4.60. The number of benzene rings is 1. The highest BCUT2D eigenvalue weighted by Crippen LogP contribution is 2.24. The number of nitrogens with zero attached hydrogens (tertiary/aromatic N) is 1. The van der Waals surface area contributed by atoms with Crippen LogP contribution in [0, 0.1) is 5.82 Å². The zero-order chi connectivity index (χ0) is 11.5. The number of halogens is 1. The van der Waals surface area contributed by atoms with Crippen molar-refractivity contribution < 1.29 is 13.5 Å². The van der Waals surface area contributed by atoms with E-state index in [2.05, 4.69) is 4.98 Å². The van der Waals surface area contributed by atoms with E-state index in [1.54, 1.807) is 12.1 Å². The van der Waals surface area contributed by atoms with Crippen molar-refractivity contribution in [2.45, 2.75) is 6.54 Å². The number of aromatic nitrogens is 1. The highest BCUT2D eigenvalue weighted by Gasteiger charge is 2.08. The Labute approximate surface area is 91.9 Å². The Hall–Kier alpha value is -1.88. The Morgan fingerprint density at radius 1 is 1.50 bits per heavy atom. The van der Waals surface area contributed by atoms with Crippen LogP contribution < -0.4 is 10.5 Å². The van der Waals surface area contributed by atoms with Gasteiger partial charge in [0, 0.05) is 5.56 Å². The molecule has 0 unspecified atom stereocenters. The number of methoxy groups -OCH3 is 1. The number of ether oxygens (including phenoxy) is 1. The molecule has 84 valence electrons. The van der Waals surface area contributed by atoms with E-state index in [0.29, 0.717) is 17.1 Å². The summed E-state index contributed by atoms with van der Waals surface area (Å²) in [5.74, 6) is 0.190. The minimum atomic E-state index is -0.433. The minimum Gasteiger partial charge on any atom is -0.494 e. The molecule has 1 heterocycles. The zero-order valence-electron chi connectivity index (χ0n) is 8.74. The van der Waals surface area contributed by atoms with Gasteiger partial charge in [-0.2, -0.15) is 0 Å². The number of nitrogens with two attached hydrogens (primary N) is 1. The lowest BCUT2D eigenvalue weighted by molar-refractivity contribution is 0.386. The summed E-state index contributed by atoms with van der Waals surface area (Å²) in [6.45, 7) is 0.221. The number of oxazole rings is 1. The average Bonchev–Trinajstić information content (AvgIpc) is 2.77. The summed E-state index contributed by atoms with van der Waals surface area (Å²) < 4.78 is 23.3. The Morgan fingerprint density at radius 3 is 2.88 bits per heavy atom. The van der Waals surface area contributed by atoms with E-state index in [9.17, 15) is 4.39 Å². The van der Waals surface area contributed by atoms with Crippen LogP contribution >= 0.6 is 0 Å². The third-order valence-corrected chi connectivity index (χ3v) is 2.17. The van der Waals surface area contributed by atoms with E-state index >= 15 is 0 Å². The van der Waals surface area contributed by atoms with Crippen LogP contribution in [0.1, 0.15) is 5.89 Å². The molecule has 0 amide bonds. The minimum absolute atomic E-state index is 0.200. The summed E-state index contributed by atoms with van der Waals surface area (Å²) >= 11 is 0. The summed E-state index contributed by atoms with van der Waals surface area (Å²) in [5.41, 5.74) is 6.55. The lowest BCUT2D eigenvalue weighted by Gasteiger charge is -2.02. The maximum atomic E-state index is 13.4. The van der Waals surface area contributed by atoms with Crippen LogP contribution in [-0.4, -0.2) is 12.1 Å². The topological polar surface area (TPSA) is 61.3 Å². The van der Waals surface area contributed by atoms with Crippen LogP contribution in [-0.2, 0) is 6.54 Å². The summed E-state index contributed by atoms with van der Waals surface area (Å²) in [5, 5.41) is 0. The highest BCUT2D eigenvalue weighted by molar-refractivity contribution is 5.59. The fourth-order valence-electron chi connectivity index (χ4n) is 1.36. The molecule has 1 aromatic heterocycles. The molecule has 0 aliphatic heterocycles. The van der Waals surface area contributed by atoms with Crippen molar-refractivity contribution in [3.8, 4) is 17.0 Å². The van der Waals surface area contributed by atoms with Gasteiger partial charge in [-0.3, -0.25) is 0 Å². The molecule has 0 aliphatic rings. The Morgan fingerprint density at radius 2 is 2.31 bits per heavy atom. The van der Waals surface area contributed by atoms with Crippen LogP contribution in [0.4, 0.5) is 4.39 Å². The molecule has 4 nitrogen and oxygen atoms in total. The van der Waals surface area contributed by atoms with E-state index in [0.717, 1.165) is 0 Å². The van der Waals surface area contributed by atoms with Gasteiger partial charge < -0.3 is 14.9 Å². The van der Waals surface area contributed by atoms with Crippen molar-refractivity contribution in [2.24, 2.45) is 5.73 Å². The van der Waals surface area contributed by atoms with Crippen molar-refractivity contribution in [3.63, 3.8) is 0 Å². The normalized spacial score (nSPS) is 10.4. The molecule has 0 aliphatic carbocycles. The van der Waals surface area contributed by atoms with Crippen LogP contribution in [0.5, 0.6) is 5.75 Å². The average molecular weight is 222 g/mol. The van der Waals surface area contributed by atoms with Gasteiger partial charge in [-0.25, -0.2) is 9.37 Å². The molecule has 0 saturated carbocycles. The third-order valence-electron chi connectivity index (χ3n) is 2.17. The van der Waals surface area contributed by atoms with Gasteiger partial charge in [0.1, 0.15) is 12.0 Å². The summed E-state index contributed by atoms with van der Waals surface area (Å²) in [4.78, 5) is 4.10. The molecule has 2 aromatic rings. The molecule has 0 fully saturated rings. The monoisotopic (exact) mass is 222 g/mol. The first-order valence-electron chi connectivity index (χ1n) is 4.73. The van der Waals surface area contributed by atoms with E-state index in [-0.39, 0.29) is 12.3 Å². The second-order valence-electron chi connectivity index (χ2n) is 3.18. The molecule has 0 spiro atoms. The van der Waals surface area contributed by atoms with Gasteiger partial charge in [0.05, 0.1) is 13.7 Å². The van der Waals surface area contributed by atoms with Crippen LogP contribution in [0.2, 0.25) is 0 Å². The van der Waals surface area contributed by atoms with Crippen molar-refractivity contribution in [3.05, 3.63) is 36.2 Å².